The van der Waals surface area contributed by atoms with Crippen molar-refractivity contribution in [2.24, 2.45) is 0 Å². The molecule has 6 heteroatoms. The van der Waals surface area contributed by atoms with Crippen LogP contribution in [0.15, 0.2) is 54.1 Å². The molecule has 0 bridgehead atoms. The number of aliphatic hydroxyl groups excluding tert-OH is 1. The van der Waals surface area contributed by atoms with Gasteiger partial charge in [-0.05, 0) is 48.4 Å². The van der Waals surface area contributed by atoms with Crippen molar-refractivity contribution in [2.75, 3.05) is 25.5 Å². The fraction of sp³-hybridized carbons (Fsp3) is 0.273. The first-order chi connectivity index (χ1) is 13.3. The molecule has 0 radical (unpaired) electrons. The molecule has 1 aliphatic rings. The third-order valence-corrected chi connectivity index (χ3v) is 4.85. The third kappa shape index (κ3) is 3.50. The van der Waals surface area contributed by atoms with Gasteiger partial charge in [0.05, 0.1) is 11.6 Å². The number of halogens is 1. The van der Waals surface area contributed by atoms with Crippen molar-refractivity contribution in [1.82, 2.24) is 4.90 Å². The van der Waals surface area contributed by atoms with Gasteiger partial charge in [-0.15, -0.1) is 0 Å². The number of carbonyl (C=O) groups is 2. The minimum Gasteiger partial charge on any atom is -0.507 e. The lowest BCUT2D eigenvalue weighted by molar-refractivity contribution is -0.139. The summed E-state index contributed by atoms with van der Waals surface area (Å²) < 4.78 is 13.2. The van der Waals surface area contributed by atoms with Gasteiger partial charge in [0.25, 0.3) is 11.7 Å². The van der Waals surface area contributed by atoms with Crippen molar-refractivity contribution in [3.05, 3.63) is 71.0 Å². The topological polar surface area (TPSA) is 60.9 Å². The molecule has 28 heavy (non-hydrogen) atoms. The molecule has 1 unspecified atom stereocenters. The van der Waals surface area contributed by atoms with E-state index in [0.717, 1.165) is 11.3 Å². The van der Waals surface area contributed by atoms with Crippen LogP contribution in [0.4, 0.5) is 10.1 Å². The van der Waals surface area contributed by atoms with Crippen molar-refractivity contribution in [3.63, 3.8) is 0 Å². The average molecular weight is 382 g/mol. The normalized spacial score (nSPS) is 18.6. The Hall–Kier alpha value is -3.15. The van der Waals surface area contributed by atoms with Gasteiger partial charge in [0.15, 0.2) is 0 Å². The first-order valence-corrected chi connectivity index (χ1v) is 9.16. The summed E-state index contributed by atoms with van der Waals surface area (Å²) in [6, 6.07) is 12.0. The Kier molecular flexibility index (Phi) is 5.49. The monoisotopic (exact) mass is 382 g/mol. The van der Waals surface area contributed by atoms with E-state index in [1.54, 1.807) is 0 Å². The second-order valence-corrected chi connectivity index (χ2v) is 6.99. The fourth-order valence-electron chi connectivity index (χ4n) is 3.42. The van der Waals surface area contributed by atoms with E-state index < -0.39 is 23.5 Å². The summed E-state index contributed by atoms with van der Waals surface area (Å²) in [5, 5.41) is 10.8. The fourth-order valence-corrected chi connectivity index (χ4v) is 3.42. The van der Waals surface area contributed by atoms with Gasteiger partial charge in [0, 0.05) is 31.9 Å². The SMILES string of the molecule is CCCN1C(=O)C(=O)/C(=C(\O)c2ccc(F)cc2)C1c1ccc(N(C)C)cc1. The molecule has 3 rings (SSSR count). The molecule has 146 valence electrons. The predicted molar refractivity (Wildman–Crippen MR) is 106 cm³/mol. The largest absolute Gasteiger partial charge is 0.507 e. The average Bonchev–Trinajstić information content (AvgIpc) is 2.93. The summed E-state index contributed by atoms with van der Waals surface area (Å²) in [6.45, 7) is 2.32. The third-order valence-electron chi connectivity index (χ3n) is 4.85. The summed E-state index contributed by atoms with van der Waals surface area (Å²) >= 11 is 0. The van der Waals surface area contributed by atoms with Gasteiger partial charge in [0.2, 0.25) is 0 Å². The van der Waals surface area contributed by atoms with E-state index in [1.807, 2.05) is 50.2 Å². The Labute approximate surface area is 163 Å². The second-order valence-electron chi connectivity index (χ2n) is 6.99. The number of benzene rings is 2. The maximum absolute atomic E-state index is 13.2. The molecule has 1 aliphatic heterocycles. The molecule has 0 aromatic heterocycles. The van der Waals surface area contributed by atoms with Crippen LogP contribution in [0.2, 0.25) is 0 Å². The molecule has 1 fully saturated rings. The number of Topliss-reactive ketones (excluding diaryl/α,β-unsaturated/α-hetero) is 1. The van der Waals surface area contributed by atoms with Gasteiger partial charge < -0.3 is 14.9 Å². The minimum absolute atomic E-state index is 0.0302. The zero-order chi connectivity index (χ0) is 20.4. The van der Waals surface area contributed by atoms with Gasteiger partial charge in [-0.2, -0.15) is 0 Å². The number of ketones is 1. The predicted octanol–water partition coefficient (Wildman–Crippen LogP) is 3.72. The molecule has 2 aromatic rings. The van der Waals surface area contributed by atoms with E-state index >= 15 is 0 Å². The van der Waals surface area contributed by atoms with Crippen LogP contribution < -0.4 is 4.90 Å². The number of carbonyl (C=O) groups excluding carboxylic acids is 2. The van der Waals surface area contributed by atoms with Crippen molar-refractivity contribution < 1.29 is 19.1 Å². The van der Waals surface area contributed by atoms with Gasteiger partial charge in [-0.1, -0.05) is 19.1 Å². The van der Waals surface area contributed by atoms with Crippen molar-refractivity contribution in [2.45, 2.75) is 19.4 Å². The quantitative estimate of drug-likeness (QED) is 0.486. The van der Waals surface area contributed by atoms with Crippen molar-refractivity contribution >= 4 is 23.1 Å². The Bertz CT molecular complexity index is 918. The van der Waals surface area contributed by atoms with E-state index in [-0.39, 0.29) is 11.3 Å². The van der Waals surface area contributed by atoms with Crippen LogP contribution in [0.5, 0.6) is 0 Å². The van der Waals surface area contributed by atoms with Crippen LogP contribution in [0.25, 0.3) is 5.76 Å². The molecular weight excluding hydrogens is 359 g/mol. The second kappa shape index (κ2) is 7.84. The summed E-state index contributed by atoms with van der Waals surface area (Å²) in [7, 11) is 3.85. The highest BCUT2D eigenvalue weighted by Gasteiger charge is 2.45. The Morgan fingerprint density at radius 2 is 1.68 bits per heavy atom. The van der Waals surface area contributed by atoms with Crippen LogP contribution in [-0.2, 0) is 9.59 Å². The van der Waals surface area contributed by atoms with Crippen LogP contribution in [-0.4, -0.2) is 42.3 Å². The van der Waals surface area contributed by atoms with E-state index in [4.69, 9.17) is 0 Å². The Morgan fingerprint density at radius 3 is 2.21 bits per heavy atom. The molecule has 0 spiro atoms. The number of hydrogen-bond acceptors (Lipinski definition) is 4. The lowest BCUT2D eigenvalue weighted by atomic mass is 9.95. The maximum Gasteiger partial charge on any atom is 0.295 e. The first kappa shape index (κ1) is 19.6. The number of nitrogens with zero attached hydrogens (tertiary/aromatic N) is 2. The molecule has 1 atom stereocenters. The van der Waals surface area contributed by atoms with Gasteiger partial charge >= 0.3 is 0 Å². The summed E-state index contributed by atoms with van der Waals surface area (Å²) in [4.78, 5) is 28.8. The first-order valence-electron chi connectivity index (χ1n) is 9.16. The molecule has 1 saturated heterocycles. The zero-order valence-corrected chi connectivity index (χ0v) is 16.1. The molecular formula is C22H23FN2O3. The summed E-state index contributed by atoms with van der Waals surface area (Å²) in [6.07, 6.45) is 0.676. The molecule has 1 amide bonds. The van der Waals surface area contributed by atoms with E-state index in [2.05, 4.69) is 0 Å². The highest BCUT2D eigenvalue weighted by molar-refractivity contribution is 6.46. The lowest BCUT2D eigenvalue weighted by Crippen LogP contribution is -2.30. The summed E-state index contributed by atoms with van der Waals surface area (Å²) in [5.41, 5.74) is 2.05. The highest BCUT2D eigenvalue weighted by Crippen LogP contribution is 2.39. The molecule has 1 heterocycles. The van der Waals surface area contributed by atoms with Gasteiger partial charge in [0.1, 0.15) is 11.6 Å². The molecule has 1 N–H and O–H groups in total. The Morgan fingerprint density at radius 1 is 1.07 bits per heavy atom. The smallest absolute Gasteiger partial charge is 0.295 e. The van der Waals surface area contributed by atoms with Crippen LogP contribution in [0.1, 0.15) is 30.5 Å². The van der Waals surface area contributed by atoms with E-state index in [9.17, 15) is 19.1 Å². The van der Waals surface area contributed by atoms with Gasteiger partial charge in [-0.3, -0.25) is 9.59 Å². The summed E-state index contributed by atoms with van der Waals surface area (Å²) in [5.74, 6) is -2.10. The number of likely N-dealkylation sites (tertiary alicyclic amines) is 1. The molecule has 0 aliphatic carbocycles. The molecule has 0 saturated carbocycles. The molecule has 5 nitrogen and oxygen atoms in total. The Balaban J connectivity index is 2.14. The minimum atomic E-state index is -0.725. The zero-order valence-electron chi connectivity index (χ0n) is 16.1. The maximum atomic E-state index is 13.2. The van der Waals surface area contributed by atoms with Crippen molar-refractivity contribution in [1.29, 1.82) is 0 Å². The standard InChI is InChI=1S/C22H23FN2O3/c1-4-13-25-19(14-7-11-17(12-8-14)24(2)3)18(21(27)22(25)28)20(26)15-5-9-16(23)10-6-15/h5-12,19,26H,4,13H2,1-3H3/b20-18-. The molecule has 2 aromatic carbocycles. The number of rotatable bonds is 5. The van der Waals surface area contributed by atoms with E-state index in [0.29, 0.717) is 18.5 Å². The lowest BCUT2D eigenvalue weighted by Gasteiger charge is -2.25. The van der Waals surface area contributed by atoms with Crippen molar-refractivity contribution in [3.8, 4) is 0 Å². The van der Waals surface area contributed by atoms with Gasteiger partial charge in [-0.25, -0.2) is 4.39 Å². The number of aliphatic hydroxyl groups is 1. The van der Waals surface area contributed by atoms with Crippen LogP contribution in [0, 0.1) is 5.82 Å². The highest BCUT2D eigenvalue weighted by atomic mass is 19.1. The number of hydrogen-bond donors (Lipinski definition) is 1. The van der Waals surface area contributed by atoms with E-state index in [1.165, 1.54) is 29.2 Å². The van der Waals surface area contributed by atoms with Crippen LogP contribution >= 0.6 is 0 Å². The number of amides is 1. The van der Waals surface area contributed by atoms with Crippen LogP contribution in [0.3, 0.4) is 0 Å². The number of anilines is 1.